The summed E-state index contributed by atoms with van der Waals surface area (Å²) in [6.45, 7) is 4.44. The second kappa shape index (κ2) is 4.81. The van der Waals surface area contributed by atoms with E-state index in [-0.39, 0.29) is 5.91 Å². The van der Waals surface area contributed by atoms with Gasteiger partial charge in [-0.05, 0) is 31.5 Å². The van der Waals surface area contributed by atoms with E-state index in [4.69, 9.17) is 18.7 Å². The number of benzene rings is 1. The van der Waals surface area contributed by atoms with Gasteiger partial charge in [0.2, 0.25) is 0 Å². The highest BCUT2D eigenvalue weighted by molar-refractivity contribution is 6.06. The van der Waals surface area contributed by atoms with Crippen LogP contribution in [0.15, 0.2) is 16.7 Å². The first-order chi connectivity index (χ1) is 11.1. The summed E-state index contributed by atoms with van der Waals surface area (Å²) in [4.78, 5) is 12.4. The quantitative estimate of drug-likeness (QED) is 0.914. The number of amides is 1. The molecule has 1 aromatic carbocycles. The fourth-order valence-corrected chi connectivity index (χ4v) is 3.22. The average molecular weight is 316 g/mol. The molecule has 1 fully saturated rings. The van der Waals surface area contributed by atoms with Crippen LogP contribution in [-0.4, -0.2) is 31.4 Å². The third kappa shape index (κ3) is 1.83. The zero-order valence-electron chi connectivity index (χ0n) is 13.1. The summed E-state index contributed by atoms with van der Waals surface area (Å²) in [6.07, 6.45) is 0. The lowest BCUT2D eigenvalue weighted by molar-refractivity contribution is -0.178. The molecule has 1 spiro atoms. The molecule has 23 heavy (non-hydrogen) atoms. The van der Waals surface area contributed by atoms with Crippen LogP contribution in [0.4, 0.5) is 5.69 Å². The molecule has 3 heterocycles. The molecule has 2 aliphatic rings. The molecule has 0 atom stereocenters. The Balaban J connectivity index is 1.96. The van der Waals surface area contributed by atoms with Crippen LogP contribution in [-0.2, 0) is 20.1 Å². The largest absolute Gasteiger partial charge is 0.495 e. The molecule has 7 nitrogen and oxygen atoms in total. The number of carbonyl (C=O) groups excluding carboxylic acids is 1. The number of hydrogen-bond acceptors (Lipinski definition) is 6. The van der Waals surface area contributed by atoms with Crippen LogP contribution in [0, 0.1) is 13.8 Å². The molecule has 0 radical (unpaired) electrons. The Morgan fingerprint density at radius 1 is 1.26 bits per heavy atom. The number of hydrogen-bond donors (Lipinski definition) is 1. The van der Waals surface area contributed by atoms with Gasteiger partial charge in [-0.3, -0.25) is 4.79 Å². The van der Waals surface area contributed by atoms with E-state index in [0.717, 1.165) is 16.8 Å². The van der Waals surface area contributed by atoms with Crippen molar-refractivity contribution in [3.8, 4) is 16.9 Å². The van der Waals surface area contributed by atoms with Crippen LogP contribution in [0.2, 0.25) is 0 Å². The normalized spacial score (nSPS) is 18.3. The number of aryl methyl sites for hydroxylation is 2. The van der Waals surface area contributed by atoms with Gasteiger partial charge in [0.15, 0.2) is 0 Å². The molecule has 1 aromatic heterocycles. The van der Waals surface area contributed by atoms with Crippen molar-refractivity contribution >= 4 is 11.6 Å². The minimum Gasteiger partial charge on any atom is -0.495 e. The fraction of sp³-hybridized carbons (Fsp3) is 0.375. The number of anilines is 1. The molecule has 7 heteroatoms. The lowest BCUT2D eigenvalue weighted by Gasteiger charge is -2.20. The number of rotatable bonds is 2. The Hall–Kier alpha value is -2.38. The van der Waals surface area contributed by atoms with Crippen LogP contribution >= 0.6 is 0 Å². The molecule has 120 valence electrons. The molecule has 0 saturated carbocycles. The molecular weight excluding hydrogens is 300 g/mol. The van der Waals surface area contributed by atoms with Crippen molar-refractivity contribution in [2.45, 2.75) is 19.6 Å². The summed E-state index contributed by atoms with van der Waals surface area (Å²) < 4.78 is 22.0. The van der Waals surface area contributed by atoms with Gasteiger partial charge < -0.3 is 24.1 Å². The average Bonchev–Trinajstić information content (AvgIpc) is 3.22. The lowest BCUT2D eigenvalue weighted by Crippen LogP contribution is -2.35. The van der Waals surface area contributed by atoms with Gasteiger partial charge in [0.1, 0.15) is 11.5 Å². The molecule has 1 amide bonds. The number of aromatic nitrogens is 1. The van der Waals surface area contributed by atoms with Crippen molar-refractivity contribution in [3.63, 3.8) is 0 Å². The number of fused-ring (bicyclic) bond motifs is 2. The number of ether oxygens (including phenoxy) is 3. The van der Waals surface area contributed by atoms with E-state index in [0.29, 0.717) is 36.0 Å². The molecule has 1 saturated heterocycles. The SMILES string of the molecule is COc1cc(-c2c(C)noc2C)cc2c1NC(=O)C21OCCO1. The van der Waals surface area contributed by atoms with Crippen LogP contribution in [0.5, 0.6) is 5.75 Å². The van der Waals surface area contributed by atoms with Crippen LogP contribution in [0.25, 0.3) is 11.1 Å². The second-order valence-electron chi connectivity index (χ2n) is 5.57. The van der Waals surface area contributed by atoms with Gasteiger partial charge in [0, 0.05) is 11.1 Å². The van der Waals surface area contributed by atoms with Crippen molar-refractivity contribution < 1.29 is 23.5 Å². The summed E-state index contributed by atoms with van der Waals surface area (Å²) in [6, 6.07) is 3.72. The van der Waals surface area contributed by atoms with E-state index in [1.807, 2.05) is 26.0 Å². The van der Waals surface area contributed by atoms with Gasteiger partial charge in [0.25, 0.3) is 11.7 Å². The third-order valence-electron chi connectivity index (χ3n) is 4.23. The summed E-state index contributed by atoms with van der Waals surface area (Å²) in [7, 11) is 1.56. The van der Waals surface area contributed by atoms with Gasteiger partial charge in [-0.15, -0.1) is 0 Å². The minimum atomic E-state index is -1.39. The van der Waals surface area contributed by atoms with Crippen molar-refractivity contribution in [3.05, 3.63) is 29.2 Å². The smallest absolute Gasteiger partial charge is 0.290 e. The van der Waals surface area contributed by atoms with Gasteiger partial charge >= 0.3 is 0 Å². The monoisotopic (exact) mass is 316 g/mol. The first-order valence-electron chi connectivity index (χ1n) is 7.32. The Bertz CT molecular complexity index is 786. The summed E-state index contributed by atoms with van der Waals surface area (Å²) in [5, 5.41) is 6.78. The van der Waals surface area contributed by atoms with E-state index in [2.05, 4.69) is 10.5 Å². The van der Waals surface area contributed by atoms with E-state index in [1.165, 1.54) is 0 Å². The maximum Gasteiger partial charge on any atom is 0.290 e. The Labute approximate surface area is 132 Å². The van der Waals surface area contributed by atoms with E-state index >= 15 is 0 Å². The van der Waals surface area contributed by atoms with Gasteiger partial charge in [-0.2, -0.15) is 0 Å². The molecule has 1 N–H and O–H groups in total. The Morgan fingerprint density at radius 2 is 2.00 bits per heavy atom. The zero-order chi connectivity index (χ0) is 16.2. The molecule has 0 unspecified atom stereocenters. The maximum absolute atomic E-state index is 12.4. The number of nitrogens with zero attached hydrogens (tertiary/aromatic N) is 1. The first-order valence-corrected chi connectivity index (χ1v) is 7.32. The number of methoxy groups -OCH3 is 1. The van der Waals surface area contributed by atoms with E-state index < -0.39 is 5.79 Å². The lowest BCUT2D eigenvalue weighted by atomic mass is 9.97. The van der Waals surface area contributed by atoms with Crippen LogP contribution in [0.3, 0.4) is 0 Å². The molecular formula is C16H16N2O5. The topological polar surface area (TPSA) is 82.8 Å². The molecule has 0 bridgehead atoms. The minimum absolute atomic E-state index is 0.334. The van der Waals surface area contributed by atoms with Crippen molar-refractivity contribution in [1.29, 1.82) is 0 Å². The molecule has 2 aliphatic heterocycles. The van der Waals surface area contributed by atoms with Crippen LogP contribution < -0.4 is 10.1 Å². The molecule has 0 aliphatic carbocycles. The fourth-order valence-electron chi connectivity index (χ4n) is 3.22. The predicted octanol–water partition coefficient (Wildman–Crippen LogP) is 2.12. The van der Waals surface area contributed by atoms with E-state index in [9.17, 15) is 4.79 Å². The summed E-state index contributed by atoms with van der Waals surface area (Å²) in [5.41, 5.74) is 3.68. The highest BCUT2D eigenvalue weighted by Crippen LogP contribution is 2.48. The number of carbonyl (C=O) groups is 1. The number of nitrogens with one attached hydrogen (secondary N) is 1. The van der Waals surface area contributed by atoms with Crippen molar-refractivity contribution in [1.82, 2.24) is 5.16 Å². The van der Waals surface area contributed by atoms with Crippen LogP contribution in [0.1, 0.15) is 17.0 Å². The summed E-state index contributed by atoms with van der Waals surface area (Å²) >= 11 is 0. The predicted molar refractivity (Wildman–Crippen MR) is 80.2 cm³/mol. The Morgan fingerprint density at radius 3 is 2.61 bits per heavy atom. The third-order valence-corrected chi connectivity index (χ3v) is 4.23. The first kappa shape index (κ1) is 14.2. The second-order valence-corrected chi connectivity index (χ2v) is 5.57. The highest BCUT2D eigenvalue weighted by atomic mass is 16.7. The highest BCUT2D eigenvalue weighted by Gasteiger charge is 2.53. The molecule has 2 aromatic rings. The van der Waals surface area contributed by atoms with Gasteiger partial charge in [0.05, 0.1) is 31.7 Å². The van der Waals surface area contributed by atoms with E-state index in [1.54, 1.807) is 7.11 Å². The van der Waals surface area contributed by atoms with Gasteiger partial charge in [-0.1, -0.05) is 5.16 Å². The maximum atomic E-state index is 12.4. The Kier molecular flexibility index (Phi) is 2.97. The van der Waals surface area contributed by atoms with Gasteiger partial charge in [-0.25, -0.2) is 0 Å². The summed E-state index contributed by atoms with van der Waals surface area (Å²) in [5.74, 6) is -0.484. The van der Waals surface area contributed by atoms with Crippen molar-refractivity contribution in [2.75, 3.05) is 25.6 Å². The van der Waals surface area contributed by atoms with Crippen molar-refractivity contribution in [2.24, 2.45) is 0 Å². The standard InChI is InChI=1S/C16H16N2O5/c1-8-13(9(2)23-18-8)10-6-11-14(12(7-10)20-3)17-15(19)16(11)21-4-5-22-16/h6-7H,4-5H2,1-3H3,(H,17,19). The zero-order valence-corrected chi connectivity index (χ0v) is 13.1. The molecule has 4 rings (SSSR count).